The third kappa shape index (κ3) is 3.76. The number of fused-ring (bicyclic) bond motifs is 1. The summed E-state index contributed by atoms with van der Waals surface area (Å²) in [6.07, 6.45) is 3.70. The number of nitrogens with zero attached hydrogens (tertiary/aromatic N) is 1. The minimum Gasteiger partial charge on any atom is -0.367 e. The Kier molecular flexibility index (Phi) is 4.74. The molecule has 0 bridgehead atoms. The van der Waals surface area contributed by atoms with Crippen molar-refractivity contribution in [2.75, 3.05) is 18.0 Å². The summed E-state index contributed by atoms with van der Waals surface area (Å²) in [6.45, 7) is 13.5. The monoisotopic (exact) mass is 274 g/mol. The first-order chi connectivity index (χ1) is 9.40. The smallest absolute Gasteiger partial charge is 0.0412 e. The van der Waals surface area contributed by atoms with E-state index in [2.05, 4.69) is 63.0 Å². The van der Waals surface area contributed by atoms with E-state index >= 15 is 0 Å². The quantitative estimate of drug-likeness (QED) is 0.895. The van der Waals surface area contributed by atoms with Gasteiger partial charge in [-0.05, 0) is 58.6 Å². The van der Waals surface area contributed by atoms with E-state index in [9.17, 15) is 0 Å². The van der Waals surface area contributed by atoms with Crippen LogP contribution in [0.4, 0.5) is 5.69 Å². The molecule has 0 fully saturated rings. The Morgan fingerprint density at radius 3 is 2.70 bits per heavy atom. The Morgan fingerprint density at radius 1 is 1.30 bits per heavy atom. The predicted molar refractivity (Wildman–Crippen MR) is 88.7 cm³/mol. The van der Waals surface area contributed by atoms with E-state index in [1.54, 1.807) is 0 Å². The highest BCUT2D eigenvalue weighted by molar-refractivity contribution is 5.57. The van der Waals surface area contributed by atoms with E-state index in [-0.39, 0.29) is 5.54 Å². The first-order valence-electron chi connectivity index (χ1n) is 8.02. The van der Waals surface area contributed by atoms with E-state index in [0.29, 0.717) is 6.04 Å². The van der Waals surface area contributed by atoms with Crippen LogP contribution in [0.15, 0.2) is 18.2 Å². The molecule has 2 rings (SSSR count). The van der Waals surface area contributed by atoms with Gasteiger partial charge in [0.2, 0.25) is 0 Å². The van der Waals surface area contributed by atoms with Gasteiger partial charge >= 0.3 is 0 Å². The molecule has 2 heteroatoms. The van der Waals surface area contributed by atoms with Gasteiger partial charge < -0.3 is 10.2 Å². The van der Waals surface area contributed by atoms with Crippen molar-refractivity contribution >= 4 is 5.69 Å². The van der Waals surface area contributed by atoms with E-state index in [4.69, 9.17) is 0 Å². The van der Waals surface area contributed by atoms with Crippen molar-refractivity contribution in [1.29, 1.82) is 0 Å². The fourth-order valence-corrected chi connectivity index (χ4v) is 3.03. The summed E-state index contributed by atoms with van der Waals surface area (Å²) in [6, 6.07) is 7.53. The number of anilines is 1. The lowest BCUT2D eigenvalue weighted by molar-refractivity contribution is 0.390. The normalized spacial score (nSPS) is 16.9. The summed E-state index contributed by atoms with van der Waals surface area (Å²) < 4.78 is 0. The Morgan fingerprint density at radius 2 is 2.05 bits per heavy atom. The minimum atomic E-state index is 0.194. The van der Waals surface area contributed by atoms with Gasteiger partial charge in [-0.15, -0.1) is 0 Å². The highest BCUT2D eigenvalue weighted by Gasteiger charge is 2.24. The molecular formula is C18H30N2. The van der Waals surface area contributed by atoms with Crippen LogP contribution in [0, 0.1) is 6.92 Å². The van der Waals surface area contributed by atoms with Crippen LogP contribution in [-0.2, 0) is 6.42 Å². The van der Waals surface area contributed by atoms with Crippen LogP contribution < -0.4 is 10.2 Å². The average molecular weight is 274 g/mol. The molecule has 1 N–H and O–H groups in total. The lowest BCUT2D eigenvalue weighted by atomic mass is 9.97. The molecule has 0 amide bonds. The third-order valence-corrected chi connectivity index (χ3v) is 4.17. The largest absolute Gasteiger partial charge is 0.367 e. The number of benzene rings is 1. The zero-order valence-electron chi connectivity index (χ0n) is 13.8. The lowest BCUT2D eigenvalue weighted by Crippen LogP contribution is -2.49. The second-order valence-electron chi connectivity index (χ2n) is 7.12. The second kappa shape index (κ2) is 6.17. The Labute approximate surface area is 124 Å². The summed E-state index contributed by atoms with van der Waals surface area (Å²) in [5.74, 6) is 0. The number of nitrogens with one attached hydrogen (secondary N) is 1. The maximum atomic E-state index is 3.67. The molecule has 0 aliphatic carbocycles. The van der Waals surface area contributed by atoms with Crippen LogP contribution in [0.3, 0.4) is 0 Å². The van der Waals surface area contributed by atoms with Gasteiger partial charge in [-0.25, -0.2) is 0 Å². The number of hydrogen-bond acceptors (Lipinski definition) is 2. The molecule has 2 nitrogen and oxygen atoms in total. The molecular weight excluding hydrogens is 244 g/mol. The number of rotatable bonds is 4. The van der Waals surface area contributed by atoms with Crippen molar-refractivity contribution in [2.24, 2.45) is 0 Å². The summed E-state index contributed by atoms with van der Waals surface area (Å²) in [7, 11) is 0. The molecule has 112 valence electrons. The van der Waals surface area contributed by atoms with Crippen LogP contribution >= 0.6 is 0 Å². The standard InChI is InChI=1S/C18H30N2/c1-6-16(13-19-18(3,4)5)20-11-7-8-15-12-14(2)9-10-17(15)20/h9-10,12,16,19H,6-8,11,13H2,1-5H3. The zero-order chi connectivity index (χ0) is 14.8. The Hall–Kier alpha value is -1.02. The minimum absolute atomic E-state index is 0.194. The van der Waals surface area contributed by atoms with Crippen LogP contribution in [0.5, 0.6) is 0 Å². The van der Waals surface area contributed by atoms with Crippen LogP contribution in [0.1, 0.15) is 51.7 Å². The summed E-state index contributed by atoms with van der Waals surface area (Å²) in [4.78, 5) is 2.62. The topological polar surface area (TPSA) is 15.3 Å². The fourth-order valence-electron chi connectivity index (χ4n) is 3.03. The molecule has 1 aromatic carbocycles. The molecule has 1 aliphatic rings. The molecule has 1 heterocycles. The summed E-state index contributed by atoms with van der Waals surface area (Å²) in [5.41, 5.74) is 4.57. The SMILES string of the molecule is CCC(CNC(C)(C)C)N1CCCc2cc(C)ccc21. The van der Waals surface area contributed by atoms with Gasteiger partial charge in [0.05, 0.1) is 0 Å². The molecule has 1 unspecified atom stereocenters. The summed E-state index contributed by atoms with van der Waals surface area (Å²) >= 11 is 0. The van der Waals surface area contributed by atoms with Gasteiger partial charge in [-0.1, -0.05) is 24.6 Å². The van der Waals surface area contributed by atoms with Crippen LogP contribution in [-0.4, -0.2) is 24.7 Å². The molecule has 1 aliphatic heterocycles. The highest BCUT2D eigenvalue weighted by atomic mass is 15.2. The molecule has 0 aromatic heterocycles. The second-order valence-corrected chi connectivity index (χ2v) is 7.12. The first-order valence-corrected chi connectivity index (χ1v) is 8.02. The van der Waals surface area contributed by atoms with E-state index in [0.717, 1.165) is 6.54 Å². The van der Waals surface area contributed by atoms with E-state index < -0.39 is 0 Å². The van der Waals surface area contributed by atoms with E-state index in [1.165, 1.54) is 42.6 Å². The van der Waals surface area contributed by atoms with Crippen molar-refractivity contribution < 1.29 is 0 Å². The van der Waals surface area contributed by atoms with Crippen molar-refractivity contribution in [3.63, 3.8) is 0 Å². The van der Waals surface area contributed by atoms with Gasteiger partial charge in [0, 0.05) is 30.4 Å². The molecule has 0 spiro atoms. The number of aryl methyl sites for hydroxylation is 2. The molecule has 20 heavy (non-hydrogen) atoms. The lowest BCUT2D eigenvalue weighted by Gasteiger charge is -2.39. The highest BCUT2D eigenvalue weighted by Crippen LogP contribution is 2.30. The van der Waals surface area contributed by atoms with Crippen molar-refractivity contribution in [1.82, 2.24) is 5.32 Å². The maximum absolute atomic E-state index is 3.67. The predicted octanol–water partition coefficient (Wildman–Crippen LogP) is 3.91. The van der Waals surface area contributed by atoms with Gasteiger partial charge in [0.25, 0.3) is 0 Å². The molecule has 1 aromatic rings. The average Bonchev–Trinajstić information content (AvgIpc) is 2.37. The summed E-state index contributed by atoms with van der Waals surface area (Å²) in [5, 5.41) is 3.67. The molecule has 1 atom stereocenters. The van der Waals surface area contributed by atoms with Crippen LogP contribution in [0.2, 0.25) is 0 Å². The van der Waals surface area contributed by atoms with Crippen LogP contribution in [0.25, 0.3) is 0 Å². The zero-order valence-corrected chi connectivity index (χ0v) is 13.8. The third-order valence-electron chi connectivity index (χ3n) is 4.17. The number of hydrogen-bond donors (Lipinski definition) is 1. The van der Waals surface area contributed by atoms with Gasteiger partial charge in [-0.2, -0.15) is 0 Å². The van der Waals surface area contributed by atoms with Crippen molar-refractivity contribution in [3.05, 3.63) is 29.3 Å². The fraction of sp³-hybridized carbons (Fsp3) is 0.667. The van der Waals surface area contributed by atoms with Gasteiger partial charge in [0.15, 0.2) is 0 Å². The van der Waals surface area contributed by atoms with Crippen molar-refractivity contribution in [3.8, 4) is 0 Å². The molecule has 0 saturated heterocycles. The maximum Gasteiger partial charge on any atom is 0.0412 e. The Bertz CT molecular complexity index is 445. The van der Waals surface area contributed by atoms with Crippen molar-refractivity contribution in [2.45, 2.75) is 65.5 Å². The Balaban J connectivity index is 2.16. The molecule has 0 saturated carbocycles. The van der Waals surface area contributed by atoms with Gasteiger partial charge in [0.1, 0.15) is 0 Å². The molecule has 0 radical (unpaired) electrons. The first kappa shape index (κ1) is 15.4. The van der Waals surface area contributed by atoms with E-state index in [1.807, 2.05) is 0 Å². The van der Waals surface area contributed by atoms with Gasteiger partial charge in [-0.3, -0.25) is 0 Å².